The first kappa shape index (κ1) is 14.0. The molecular weight excluding hydrogens is 260 g/mol. The van der Waals surface area contributed by atoms with Crippen molar-refractivity contribution in [1.82, 2.24) is 0 Å². The maximum absolute atomic E-state index is 12.7. The highest BCUT2D eigenvalue weighted by Gasteiger charge is 2.48. The molecule has 0 radical (unpaired) electrons. The molecule has 0 heterocycles. The molecule has 0 aliphatic carbocycles. The van der Waals surface area contributed by atoms with Gasteiger partial charge in [0.05, 0.1) is 10.3 Å². The van der Waals surface area contributed by atoms with Gasteiger partial charge in [-0.2, -0.15) is 21.6 Å². The molecule has 0 saturated carbocycles. The minimum Gasteiger partial charge on any atom is -0.189 e. The summed E-state index contributed by atoms with van der Waals surface area (Å²) in [7, 11) is -5.00. The summed E-state index contributed by atoms with van der Waals surface area (Å²) < 4.78 is 72.0. The van der Waals surface area contributed by atoms with Crippen molar-refractivity contribution < 1.29 is 25.5 Å². The van der Waals surface area contributed by atoms with E-state index >= 15 is 0 Å². The van der Waals surface area contributed by atoms with Crippen LogP contribution in [0.25, 0.3) is 0 Å². The van der Waals surface area contributed by atoms with E-state index in [1.54, 1.807) is 0 Å². The van der Waals surface area contributed by atoms with Crippen LogP contribution in [0.1, 0.15) is 19.4 Å². The molecule has 7 heteroatoms. The fraction of sp³-hybridized carbons (Fsp3) is 0.400. The van der Waals surface area contributed by atoms with Gasteiger partial charge in [-0.05, 0) is 31.5 Å². The third kappa shape index (κ3) is 2.77. The fourth-order valence-corrected chi connectivity index (χ4v) is 1.71. The van der Waals surface area contributed by atoms with Crippen molar-refractivity contribution in [2.24, 2.45) is 0 Å². The molecule has 0 fully saturated rings. The number of hydrogen-bond donors (Lipinski definition) is 0. The van der Waals surface area contributed by atoms with Gasteiger partial charge in [0.15, 0.2) is 0 Å². The summed E-state index contributed by atoms with van der Waals surface area (Å²) in [6, 6.07) is 3.80. The van der Waals surface area contributed by atoms with Crippen molar-refractivity contribution in [3.63, 3.8) is 0 Å². The molecule has 96 valence electrons. The van der Waals surface area contributed by atoms with Gasteiger partial charge in [0.25, 0.3) is 0 Å². The molecule has 0 N–H and O–H groups in total. The first-order chi connectivity index (χ1) is 7.46. The molecule has 0 saturated heterocycles. The standard InChI is InChI=1S/C10H10F4O2S/c1-9(2,10(11,12)13)7-4-3-5-8(6-7)17(14,15)16/h3-6H,1-2H3. The molecule has 0 atom stereocenters. The SMILES string of the molecule is CC(C)(c1cccc(S(=O)(=O)F)c1)C(F)(F)F. The first-order valence-electron chi connectivity index (χ1n) is 4.58. The Morgan fingerprint density at radius 2 is 1.65 bits per heavy atom. The monoisotopic (exact) mass is 270 g/mol. The smallest absolute Gasteiger partial charge is 0.189 e. The molecule has 2 nitrogen and oxygen atoms in total. The zero-order valence-electron chi connectivity index (χ0n) is 9.05. The summed E-state index contributed by atoms with van der Waals surface area (Å²) in [5.74, 6) is 0. The lowest BCUT2D eigenvalue weighted by atomic mass is 9.84. The number of benzene rings is 1. The minimum absolute atomic E-state index is 0.302. The minimum atomic E-state index is -5.00. The van der Waals surface area contributed by atoms with Gasteiger partial charge in [-0.1, -0.05) is 12.1 Å². The lowest BCUT2D eigenvalue weighted by Gasteiger charge is -2.28. The summed E-state index contributed by atoms with van der Waals surface area (Å²) in [6.45, 7) is 1.80. The van der Waals surface area contributed by atoms with Crippen LogP contribution in [-0.2, 0) is 15.6 Å². The molecule has 0 unspecified atom stereocenters. The van der Waals surface area contributed by atoms with Crippen molar-refractivity contribution in [2.75, 3.05) is 0 Å². The molecule has 0 amide bonds. The number of rotatable bonds is 2. The van der Waals surface area contributed by atoms with Gasteiger partial charge in [-0.15, -0.1) is 3.89 Å². The van der Waals surface area contributed by atoms with Crippen LogP contribution in [0.3, 0.4) is 0 Å². The molecular formula is C10H10F4O2S. The van der Waals surface area contributed by atoms with E-state index in [1.807, 2.05) is 0 Å². The van der Waals surface area contributed by atoms with E-state index in [4.69, 9.17) is 0 Å². The van der Waals surface area contributed by atoms with Gasteiger partial charge < -0.3 is 0 Å². The number of halogens is 4. The van der Waals surface area contributed by atoms with Crippen LogP contribution in [-0.4, -0.2) is 14.6 Å². The van der Waals surface area contributed by atoms with E-state index in [9.17, 15) is 25.5 Å². The quantitative estimate of drug-likeness (QED) is 0.611. The van der Waals surface area contributed by atoms with Crippen LogP contribution < -0.4 is 0 Å². The number of hydrogen-bond acceptors (Lipinski definition) is 2. The third-order valence-electron chi connectivity index (χ3n) is 2.55. The second-order valence-electron chi connectivity index (χ2n) is 4.09. The normalized spacial score (nSPS) is 13.8. The summed E-state index contributed by atoms with van der Waals surface area (Å²) in [6.07, 6.45) is -4.55. The summed E-state index contributed by atoms with van der Waals surface area (Å²) in [5.41, 5.74) is -2.54. The van der Waals surface area contributed by atoms with Gasteiger partial charge >= 0.3 is 16.4 Å². The average molecular weight is 270 g/mol. The van der Waals surface area contributed by atoms with Gasteiger partial charge in [0, 0.05) is 0 Å². The van der Waals surface area contributed by atoms with Crippen LogP contribution in [0.2, 0.25) is 0 Å². The molecule has 1 aromatic carbocycles. The van der Waals surface area contributed by atoms with Gasteiger partial charge in [0.2, 0.25) is 0 Å². The molecule has 17 heavy (non-hydrogen) atoms. The third-order valence-corrected chi connectivity index (χ3v) is 3.36. The topological polar surface area (TPSA) is 34.1 Å². The van der Waals surface area contributed by atoms with E-state index < -0.39 is 26.7 Å². The average Bonchev–Trinajstić information content (AvgIpc) is 2.15. The molecule has 0 aliphatic heterocycles. The Morgan fingerprint density at radius 1 is 1.12 bits per heavy atom. The van der Waals surface area contributed by atoms with Crippen molar-refractivity contribution >= 4 is 10.2 Å². The predicted octanol–water partition coefficient (Wildman–Crippen LogP) is 3.18. The molecule has 0 bridgehead atoms. The van der Waals surface area contributed by atoms with Crippen LogP contribution in [0.4, 0.5) is 17.1 Å². The van der Waals surface area contributed by atoms with E-state index in [2.05, 4.69) is 0 Å². The fourth-order valence-electron chi connectivity index (χ4n) is 1.20. The molecule has 1 aromatic rings. The molecule has 1 rings (SSSR count). The van der Waals surface area contributed by atoms with Gasteiger partial charge in [-0.3, -0.25) is 0 Å². The highest BCUT2D eigenvalue weighted by atomic mass is 32.3. The Labute approximate surface area is 96.5 Å². The summed E-state index contributed by atoms with van der Waals surface area (Å²) in [5, 5.41) is 0. The Hall–Kier alpha value is -1.11. The largest absolute Gasteiger partial charge is 0.397 e. The number of alkyl halides is 3. The second-order valence-corrected chi connectivity index (χ2v) is 5.44. The first-order valence-corrected chi connectivity index (χ1v) is 5.96. The Bertz CT molecular complexity index is 517. The summed E-state index contributed by atoms with van der Waals surface area (Å²) >= 11 is 0. The highest BCUT2D eigenvalue weighted by molar-refractivity contribution is 7.86. The second kappa shape index (κ2) is 3.97. The van der Waals surface area contributed by atoms with Gasteiger partial charge in [-0.25, -0.2) is 0 Å². The lowest BCUT2D eigenvalue weighted by molar-refractivity contribution is -0.180. The van der Waals surface area contributed by atoms with Crippen LogP contribution in [0.15, 0.2) is 29.2 Å². The van der Waals surface area contributed by atoms with E-state index in [-0.39, 0.29) is 5.56 Å². The van der Waals surface area contributed by atoms with Crippen molar-refractivity contribution in [2.45, 2.75) is 30.3 Å². The van der Waals surface area contributed by atoms with Crippen LogP contribution >= 0.6 is 0 Å². The zero-order chi connectivity index (χ0) is 13.5. The molecule has 0 aliphatic rings. The molecule has 0 aromatic heterocycles. The Kier molecular flexibility index (Phi) is 3.26. The maximum Gasteiger partial charge on any atom is 0.397 e. The molecule has 0 spiro atoms. The maximum atomic E-state index is 12.7. The van der Waals surface area contributed by atoms with E-state index in [0.717, 1.165) is 32.0 Å². The van der Waals surface area contributed by atoms with Gasteiger partial charge in [0.1, 0.15) is 0 Å². The van der Waals surface area contributed by atoms with Crippen LogP contribution in [0, 0.1) is 0 Å². The van der Waals surface area contributed by atoms with Crippen LogP contribution in [0.5, 0.6) is 0 Å². The Balaban J connectivity index is 3.36. The zero-order valence-corrected chi connectivity index (χ0v) is 9.86. The lowest BCUT2D eigenvalue weighted by Crippen LogP contribution is -2.36. The predicted molar refractivity (Wildman–Crippen MR) is 53.8 cm³/mol. The van der Waals surface area contributed by atoms with E-state index in [0.29, 0.717) is 6.07 Å². The van der Waals surface area contributed by atoms with Crippen molar-refractivity contribution in [3.8, 4) is 0 Å². The summed E-state index contributed by atoms with van der Waals surface area (Å²) in [4.78, 5) is -0.771. The highest BCUT2D eigenvalue weighted by Crippen LogP contribution is 2.40. The van der Waals surface area contributed by atoms with E-state index in [1.165, 1.54) is 0 Å². The van der Waals surface area contributed by atoms with Crippen molar-refractivity contribution in [3.05, 3.63) is 29.8 Å². The van der Waals surface area contributed by atoms with Crippen molar-refractivity contribution in [1.29, 1.82) is 0 Å². The Morgan fingerprint density at radius 3 is 2.06 bits per heavy atom.